The zero-order valence-electron chi connectivity index (χ0n) is 11.4. The van der Waals surface area contributed by atoms with E-state index in [0.29, 0.717) is 0 Å². The van der Waals surface area contributed by atoms with Crippen LogP contribution >= 0.6 is 0 Å². The molecule has 3 aliphatic heterocycles. The standard InChI is InChI=1S/C16H24N2/c1-2-15-13-18(12-14-6-4-3-5-7-14)16-8-10-17(15)11-9-16/h3-7,15-16H,2,8-13H2,1H3. The van der Waals surface area contributed by atoms with E-state index >= 15 is 0 Å². The van der Waals surface area contributed by atoms with Gasteiger partial charge in [0.25, 0.3) is 0 Å². The lowest BCUT2D eigenvalue weighted by molar-refractivity contribution is 0.174. The number of nitrogens with zero attached hydrogens (tertiary/aromatic N) is 2. The molecule has 18 heavy (non-hydrogen) atoms. The van der Waals surface area contributed by atoms with E-state index in [-0.39, 0.29) is 0 Å². The first-order chi connectivity index (χ1) is 8.86. The Morgan fingerprint density at radius 2 is 1.83 bits per heavy atom. The van der Waals surface area contributed by atoms with Gasteiger partial charge in [-0.3, -0.25) is 9.80 Å². The summed E-state index contributed by atoms with van der Waals surface area (Å²) in [6.07, 6.45) is 4.02. The van der Waals surface area contributed by atoms with Gasteiger partial charge in [-0.2, -0.15) is 0 Å². The number of hydrogen-bond donors (Lipinski definition) is 0. The number of benzene rings is 1. The van der Waals surface area contributed by atoms with Crippen LogP contribution in [0.25, 0.3) is 0 Å². The molecule has 0 aromatic heterocycles. The van der Waals surface area contributed by atoms with Gasteiger partial charge in [0.15, 0.2) is 0 Å². The van der Waals surface area contributed by atoms with Crippen LogP contribution in [0.5, 0.6) is 0 Å². The summed E-state index contributed by atoms with van der Waals surface area (Å²) < 4.78 is 0. The predicted octanol–water partition coefficient (Wildman–Crippen LogP) is 2.75. The van der Waals surface area contributed by atoms with Gasteiger partial charge in [-0.25, -0.2) is 0 Å². The van der Waals surface area contributed by atoms with Gasteiger partial charge in [-0.05, 0) is 37.9 Å². The van der Waals surface area contributed by atoms with Crippen molar-refractivity contribution in [3.05, 3.63) is 35.9 Å². The molecule has 0 radical (unpaired) electrons. The summed E-state index contributed by atoms with van der Waals surface area (Å²) in [5.74, 6) is 0. The maximum atomic E-state index is 2.73. The van der Waals surface area contributed by atoms with Crippen molar-refractivity contribution in [2.75, 3.05) is 19.6 Å². The van der Waals surface area contributed by atoms with Gasteiger partial charge in [0.05, 0.1) is 0 Å². The topological polar surface area (TPSA) is 6.48 Å². The normalized spacial score (nSPS) is 32.4. The van der Waals surface area contributed by atoms with E-state index in [1.54, 1.807) is 0 Å². The molecule has 3 fully saturated rings. The Hall–Kier alpha value is -0.860. The van der Waals surface area contributed by atoms with Gasteiger partial charge in [0.2, 0.25) is 0 Å². The highest BCUT2D eigenvalue weighted by Crippen LogP contribution is 2.26. The van der Waals surface area contributed by atoms with Crippen LogP contribution in [0.1, 0.15) is 31.7 Å². The minimum Gasteiger partial charge on any atom is -0.299 e. The summed E-state index contributed by atoms with van der Waals surface area (Å²) in [5, 5.41) is 0. The Morgan fingerprint density at radius 3 is 2.50 bits per heavy atom. The quantitative estimate of drug-likeness (QED) is 0.806. The summed E-state index contributed by atoms with van der Waals surface area (Å²) >= 11 is 0. The van der Waals surface area contributed by atoms with Crippen LogP contribution in [0.2, 0.25) is 0 Å². The van der Waals surface area contributed by atoms with Crippen molar-refractivity contribution in [1.29, 1.82) is 0 Å². The number of rotatable bonds is 3. The highest BCUT2D eigenvalue weighted by Gasteiger charge is 2.33. The fourth-order valence-electron chi connectivity index (χ4n) is 3.55. The van der Waals surface area contributed by atoms with Crippen LogP contribution in [0.4, 0.5) is 0 Å². The van der Waals surface area contributed by atoms with Crippen molar-refractivity contribution < 1.29 is 0 Å². The molecule has 1 aromatic carbocycles. The SMILES string of the molecule is CCC1CN(Cc2ccccc2)C2CCN1CC2. The second-order valence-electron chi connectivity index (χ2n) is 5.74. The largest absolute Gasteiger partial charge is 0.299 e. The third kappa shape index (κ3) is 2.45. The summed E-state index contributed by atoms with van der Waals surface area (Å²) in [7, 11) is 0. The van der Waals surface area contributed by atoms with Crippen molar-refractivity contribution >= 4 is 0 Å². The van der Waals surface area contributed by atoms with Crippen LogP contribution in [-0.4, -0.2) is 41.5 Å². The minimum absolute atomic E-state index is 0.779. The zero-order chi connectivity index (χ0) is 12.4. The summed E-state index contributed by atoms with van der Waals surface area (Å²) in [4.78, 5) is 5.44. The molecule has 4 rings (SSSR count). The third-order valence-corrected chi connectivity index (χ3v) is 4.68. The van der Waals surface area contributed by atoms with E-state index < -0.39 is 0 Å². The lowest BCUT2D eigenvalue weighted by Crippen LogP contribution is -2.39. The maximum Gasteiger partial charge on any atom is 0.0237 e. The van der Waals surface area contributed by atoms with E-state index in [4.69, 9.17) is 0 Å². The van der Waals surface area contributed by atoms with E-state index in [2.05, 4.69) is 47.1 Å². The Balaban J connectivity index is 1.74. The Bertz CT molecular complexity index is 368. The fourth-order valence-corrected chi connectivity index (χ4v) is 3.55. The molecule has 1 unspecified atom stereocenters. The average Bonchev–Trinajstić information content (AvgIpc) is 2.70. The molecular weight excluding hydrogens is 220 g/mol. The highest BCUT2D eigenvalue weighted by atomic mass is 15.3. The zero-order valence-corrected chi connectivity index (χ0v) is 11.4. The van der Waals surface area contributed by atoms with E-state index in [1.165, 1.54) is 44.5 Å². The molecule has 0 saturated carbocycles. The van der Waals surface area contributed by atoms with Crippen LogP contribution in [0.3, 0.4) is 0 Å². The second-order valence-corrected chi connectivity index (χ2v) is 5.74. The summed E-state index contributed by atoms with van der Waals surface area (Å²) in [5.41, 5.74) is 1.47. The molecule has 2 heteroatoms. The number of hydrogen-bond acceptors (Lipinski definition) is 2. The van der Waals surface area contributed by atoms with Crippen LogP contribution in [0, 0.1) is 0 Å². The molecule has 2 bridgehead atoms. The molecule has 3 aliphatic rings. The molecule has 3 saturated heterocycles. The second kappa shape index (κ2) is 5.41. The van der Waals surface area contributed by atoms with Crippen molar-refractivity contribution in [3.63, 3.8) is 0 Å². The van der Waals surface area contributed by atoms with Gasteiger partial charge in [0.1, 0.15) is 0 Å². The van der Waals surface area contributed by atoms with Crippen molar-refractivity contribution in [2.45, 2.75) is 44.8 Å². The Morgan fingerprint density at radius 1 is 1.11 bits per heavy atom. The molecule has 0 aliphatic carbocycles. The van der Waals surface area contributed by atoms with Crippen molar-refractivity contribution in [2.24, 2.45) is 0 Å². The molecule has 1 aromatic rings. The first-order valence-corrected chi connectivity index (χ1v) is 7.39. The predicted molar refractivity (Wildman–Crippen MR) is 75.5 cm³/mol. The van der Waals surface area contributed by atoms with Gasteiger partial charge in [0, 0.05) is 25.2 Å². The van der Waals surface area contributed by atoms with Crippen LogP contribution in [0.15, 0.2) is 30.3 Å². The van der Waals surface area contributed by atoms with Gasteiger partial charge >= 0.3 is 0 Å². The third-order valence-electron chi connectivity index (χ3n) is 4.68. The molecule has 2 nitrogen and oxygen atoms in total. The molecular formula is C16H24N2. The van der Waals surface area contributed by atoms with Gasteiger partial charge < -0.3 is 0 Å². The lowest BCUT2D eigenvalue weighted by Gasteiger charge is -2.31. The molecule has 0 N–H and O–H groups in total. The molecule has 0 amide bonds. The molecule has 1 atom stereocenters. The first kappa shape index (κ1) is 12.2. The monoisotopic (exact) mass is 244 g/mol. The van der Waals surface area contributed by atoms with Gasteiger partial charge in [-0.15, -0.1) is 0 Å². The average molecular weight is 244 g/mol. The highest BCUT2D eigenvalue weighted by molar-refractivity contribution is 5.15. The lowest BCUT2D eigenvalue weighted by atomic mass is 10.0. The first-order valence-electron chi connectivity index (χ1n) is 7.39. The summed E-state index contributed by atoms with van der Waals surface area (Å²) in [6.45, 7) is 7.36. The Labute approximate surface area is 111 Å². The molecule has 0 spiro atoms. The van der Waals surface area contributed by atoms with E-state index in [1.807, 2.05) is 0 Å². The fraction of sp³-hybridized carbons (Fsp3) is 0.625. The molecule has 3 heterocycles. The van der Waals surface area contributed by atoms with E-state index in [0.717, 1.165) is 18.6 Å². The smallest absolute Gasteiger partial charge is 0.0237 e. The van der Waals surface area contributed by atoms with E-state index in [9.17, 15) is 0 Å². The van der Waals surface area contributed by atoms with Crippen LogP contribution < -0.4 is 0 Å². The number of piperidine rings is 1. The summed E-state index contributed by atoms with van der Waals surface area (Å²) in [6, 6.07) is 12.5. The number of fused-ring (bicyclic) bond motifs is 4. The van der Waals surface area contributed by atoms with Crippen LogP contribution in [-0.2, 0) is 6.54 Å². The van der Waals surface area contributed by atoms with Gasteiger partial charge in [-0.1, -0.05) is 37.3 Å². The van der Waals surface area contributed by atoms with Crippen molar-refractivity contribution in [1.82, 2.24) is 9.80 Å². The Kier molecular flexibility index (Phi) is 3.67. The van der Waals surface area contributed by atoms with Crippen molar-refractivity contribution in [3.8, 4) is 0 Å². The molecule has 98 valence electrons. The maximum absolute atomic E-state index is 2.73. The minimum atomic E-state index is 0.779.